The summed E-state index contributed by atoms with van der Waals surface area (Å²) in [5.74, 6) is -0.334. The molecule has 0 aliphatic heterocycles. The van der Waals surface area contributed by atoms with Crippen LogP contribution in [0.15, 0.2) is 52.2 Å². The first-order valence-electron chi connectivity index (χ1n) is 6.40. The number of phenolic OH excluding ortho intramolecular Hbond substituents is 1. The molecule has 3 rings (SSSR count). The Kier molecular flexibility index (Phi) is 3.88. The highest BCUT2D eigenvalue weighted by Crippen LogP contribution is 2.25. The van der Waals surface area contributed by atoms with Gasteiger partial charge >= 0.3 is 0 Å². The minimum Gasteiger partial charge on any atom is -0.507 e. The minimum absolute atomic E-state index is 0.0967. The number of rotatable bonds is 3. The molecule has 0 fully saturated rings. The van der Waals surface area contributed by atoms with E-state index in [1.807, 2.05) is 30.3 Å². The van der Waals surface area contributed by atoms with Crippen LogP contribution < -0.4 is 5.43 Å². The van der Waals surface area contributed by atoms with Crippen LogP contribution in [0.2, 0.25) is 0 Å². The molecule has 0 saturated carbocycles. The van der Waals surface area contributed by atoms with Gasteiger partial charge < -0.3 is 5.11 Å². The number of fused-ring (bicyclic) bond motifs is 1. The number of aromatic amines is 1. The van der Waals surface area contributed by atoms with Crippen molar-refractivity contribution in [2.75, 3.05) is 0 Å². The van der Waals surface area contributed by atoms with Gasteiger partial charge in [-0.2, -0.15) is 10.2 Å². The maximum Gasteiger partial charge on any atom is 0.290 e. The van der Waals surface area contributed by atoms with Crippen molar-refractivity contribution in [1.82, 2.24) is 15.6 Å². The lowest BCUT2D eigenvalue weighted by Gasteiger charge is -2.04. The topological polar surface area (TPSA) is 90.4 Å². The van der Waals surface area contributed by atoms with Crippen LogP contribution in [0.1, 0.15) is 16.1 Å². The molecule has 3 N–H and O–H groups in total. The Labute approximate surface area is 134 Å². The number of benzene rings is 2. The first kappa shape index (κ1) is 14.3. The number of H-pyrrole nitrogens is 1. The number of carbonyl (C=O) groups is 1. The summed E-state index contributed by atoms with van der Waals surface area (Å²) in [5.41, 5.74) is 3.21. The van der Waals surface area contributed by atoms with E-state index in [2.05, 4.69) is 36.7 Å². The number of phenols is 1. The van der Waals surface area contributed by atoms with Gasteiger partial charge in [-0.3, -0.25) is 9.89 Å². The highest BCUT2D eigenvalue weighted by Gasteiger charge is 2.11. The fourth-order valence-corrected chi connectivity index (χ4v) is 2.43. The van der Waals surface area contributed by atoms with E-state index in [9.17, 15) is 9.90 Å². The van der Waals surface area contributed by atoms with Crippen LogP contribution in [0.4, 0.5) is 0 Å². The van der Waals surface area contributed by atoms with Crippen LogP contribution in [0, 0.1) is 0 Å². The maximum absolute atomic E-state index is 11.9. The highest BCUT2D eigenvalue weighted by molar-refractivity contribution is 9.10. The molecule has 22 heavy (non-hydrogen) atoms. The molecule has 0 spiro atoms. The Morgan fingerprint density at radius 1 is 1.32 bits per heavy atom. The van der Waals surface area contributed by atoms with Gasteiger partial charge in [0.15, 0.2) is 0 Å². The number of halogens is 1. The standard InChI is InChI=1S/C15H11BrN4O2/c16-12-8-18-19-14(12)15(22)20-17-7-11-10-4-2-1-3-9(10)5-6-13(11)21/h1-8,21H,(H,18,19)(H,20,22)/b17-7-. The summed E-state index contributed by atoms with van der Waals surface area (Å²) in [7, 11) is 0. The van der Waals surface area contributed by atoms with Gasteiger partial charge in [-0.25, -0.2) is 5.43 Å². The molecular weight excluding hydrogens is 348 g/mol. The van der Waals surface area contributed by atoms with Gasteiger partial charge in [0.1, 0.15) is 11.4 Å². The maximum atomic E-state index is 11.9. The van der Waals surface area contributed by atoms with Crippen molar-refractivity contribution < 1.29 is 9.90 Å². The van der Waals surface area contributed by atoms with Crippen molar-refractivity contribution in [2.24, 2.45) is 5.10 Å². The third-order valence-corrected chi connectivity index (χ3v) is 3.73. The summed E-state index contributed by atoms with van der Waals surface area (Å²) < 4.78 is 0.549. The number of hydrogen-bond donors (Lipinski definition) is 3. The molecular formula is C15H11BrN4O2. The monoisotopic (exact) mass is 358 g/mol. The second-order valence-electron chi connectivity index (χ2n) is 4.51. The van der Waals surface area contributed by atoms with Crippen molar-refractivity contribution in [2.45, 2.75) is 0 Å². The van der Waals surface area contributed by atoms with Gasteiger partial charge in [0.25, 0.3) is 5.91 Å². The van der Waals surface area contributed by atoms with Crippen LogP contribution in [-0.2, 0) is 0 Å². The van der Waals surface area contributed by atoms with Crippen LogP contribution in [0.3, 0.4) is 0 Å². The van der Waals surface area contributed by atoms with E-state index < -0.39 is 5.91 Å². The van der Waals surface area contributed by atoms with Gasteiger partial charge in [0.2, 0.25) is 0 Å². The molecule has 7 heteroatoms. The third-order valence-electron chi connectivity index (χ3n) is 3.13. The van der Waals surface area contributed by atoms with E-state index in [1.165, 1.54) is 12.4 Å². The summed E-state index contributed by atoms with van der Waals surface area (Å²) in [6.45, 7) is 0. The quantitative estimate of drug-likeness (QED) is 0.496. The average Bonchev–Trinajstić information content (AvgIpc) is 2.95. The van der Waals surface area contributed by atoms with Crippen LogP contribution in [-0.4, -0.2) is 27.4 Å². The molecule has 6 nitrogen and oxygen atoms in total. The minimum atomic E-state index is -0.430. The molecule has 1 aromatic heterocycles. The zero-order chi connectivity index (χ0) is 15.5. The lowest BCUT2D eigenvalue weighted by molar-refractivity contribution is 0.0949. The van der Waals surface area contributed by atoms with E-state index in [-0.39, 0.29) is 11.4 Å². The molecule has 2 aromatic carbocycles. The number of hydrogen-bond acceptors (Lipinski definition) is 4. The summed E-state index contributed by atoms with van der Waals surface area (Å²) in [5, 5.41) is 22.0. The molecule has 0 atom stereocenters. The lowest BCUT2D eigenvalue weighted by Crippen LogP contribution is -2.18. The van der Waals surface area contributed by atoms with Crippen molar-refractivity contribution in [3.05, 3.63) is 58.3 Å². The second-order valence-corrected chi connectivity index (χ2v) is 5.37. The molecule has 3 aromatic rings. The predicted octanol–water partition coefficient (Wildman–Crippen LogP) is 2.79. The van der Waals surface area contributed by atoms with E-state index in [0.29, 0.717) is 10.0 Å². The molecule has 0 aliphatic rings. The number of nitrogens with one attached hydrogen (secondary N) is 2. The number of amides is 1. The Bertz CT molecular complexity index is 873. The van der Waals surface area contributed by atoms with E-state index in [4.69, 9.17) is 0 Å². The summed E-state index contributed by atoms with van der Waals surface area (Å²) >= 11 is 3.20. The fraction of sp³-hybridized carbons (Fsp3) is 0. The zero-order valence-corrected chi connectivity index (χ0v) is 12.8. The second kappa shape index (κ2) is 5.98. The van der Waals surface area contributed by atoms with Crippen LogP contribution in [0.25, 0.3) is 10.8 Å². The molecule has 0 radical (unpaired) electrons. The molecule has 0 saturated heterocycles. The molecule has 1 heterocycles. The van der Waals surface area contributed by atoms with Gasteiger partial charge in [-0.15, -0.1) is 0 Å². The van der Waals surface area contributed by atoms with E-state index >= 15 is 0 Å². The van der Waals surface area contributed by atoms with Crippen molar-refractivity contribution in [1.29, 1.82) is 0 Å². The summed E-state index contributed by atoms with van der Waals surface area (Å²) in [4.78, 5) is 11.9. The SMILES string of the molecule is O=C(N/N=C\c1c(O)ccc2ccccc12)c1[nH]ncc1Br. The van der Waals surface area contributed by atoms with Crippen molar-refractivity contribution in [3.63, 3.8) is 0 Å². The molecule has 110 valence electrons. The number of aromatic nitrogens is 2. The smallest absolute Gasteiger partial charge is 0.290 e. The van der Waals surface area contributed by atoms with E-state index in [1.54, 1.807) is 6.07 Å². The van der Waals surface area contributed by atoms with Gasteiger partial charge in [-0.1, -0.05) is 30.3 Å². The Morgan fingerprint density at radius 3 is 2.91 bits per heavy atom. The van der Waals surface area contributed by atoms with E-state index in [0.717, 1.165) is 10.8 Å². The summed E-state index contributed by atoms with van der Waals surface area (Å²) in [6.07, 6.45) is 2.90. The largest absolute Gasteiger partial charge is 0.507 e. The number of carbonyl (C=O) groups excluding carboxylic acids is 1. The molecule has 0 bridgehead atoms. The number of aromatic hydroxyl groups is 1. The first-order valence-corrected chi connectivity index (χ1v) is 7.19. The molecule has 0 unspecified atom stereocenters. The summed E-state index contributed by atoms with van der Waals surface area (Å²) in [6, 6.07) is 11.0. The van der Waals surface area contributed by atoms with Crippen molar-refractivity contribution in [3.8, 4) is 5.75 Å². The Balaban J connectivity index is 1.86. The fourth-order valence-electron chi connectivity index (χ4n) is 2.06. The third kappa shape index (κ3) is 2.71. The number of hydrazone groups is 1. The zero-order valence-electron chi connectivity index (χ0n) is 11.2. The van der Waals surface area contributed by atoms with Crippen molar-refractivity contribution >= 4 is 38.8 Å². The van der Waals surface area contributed by atoms with Gasteiger partial charge in [-0.05, 0) is 32.8 Å². The molecule has 0 aliphatic carbocycles. The van der Waals surface area contributed by atoms with Gasteiger partial charge in [0, 0.05) is 5.56 Å². The normalized spacial score (nSPS) is 11.1. The number of nitrogens with zero attached hydrogens (tertiary/aromatic N) is 2. The first-order chi connectivity index (χ1) is 10.7. The van der Waals surface area contributed by atoms with Gasteiger partial charge in [0.05, 0.1) is 16.9 Å². The highest BCUT2D eigenvalue weighted by atomic mass is 79.9. The van der Waals surface area contributed by atoms with Crippen LogP contribution in [0.5, 0.6) is 5.75 Å². The van der Waals surface area contributed by atoms with Crippen LogP contribution >= 0.6 is 15.9 Å². The Morgan fingerprint density at radius 2 is 2.14 bits per heavy atom. The lowest BCUT2D eigenvalue weighted by atomic mass is 10.0. The Hall–Kier alpha value is -2.67. The average molecular weight is 359 g/mol. The molecule has 1 amide bonds. The predicted molar refractivity (Wildman–Crippen MR) is 87.0 cm³/mol.